The van der Waals surface area contributed by atoms with Crippen LogP contribution < -0.4 is 10.1 Å². The first-order chi connectivity index (χ1) is 17.0. The van der Waals surface area contributed by atoms with Crippen LogP contribution in [0.25, 0.3) is 17.1 Å². The maximum atomic E-state index is 13.6. The lowest BCUT2D eigenvalue weighted by Crippen LogP contribution is -2.31. The Kier molecular flexibility index (Phi) is 7.82. The zero-order valence-corrected chi connectivity index (χ0v) is 20.7. The Morgan fingerprint density at radius 2 is 1.83 bits per heavy atom. The van der Waals surface area contributed by atoms with Crippen molar-refractivity contribution in [1.82, 2.24) is 20.1 Å². The Morgan fingerprint density at radius 1 is 1.09 bits per heavy atom. The van der Waals surface area contributed by atoms with Gasteiger partial charge in [0.2, 0.25) is 0 Å². The van der Waals surface area contributed by atoms with Crippen LogP contribution in [0, 0.1) is 5.82 Å². The largest absolute Gasteiger partial charge is 0.497 e. The molecule has 0 saturated carbocycles. The van der Waals surface area contributed by atoms with Crippen LogP contribution in [-0.2, 0) is 5.75 Å². The molecule has 0 bridgehead atoms. The lowest BCUT2D eigenvalue weighted by atomic mass is 10.1. The summed E-state index contributed by atoms with van der Waals surface area (Å²) < 4.78 is 20.9. The van der Waals surface area contributed by atoms with Gasteiger partial charge in [-0.3, -0.25) is 9.36 Å². The summed E-state index contributed by atoms with van der Waals surface area (Å²) in [5.41, 5.74) is 3.28. The first-order valence-electron chi connectivity index (χ1n) is 11.4. The molecule has 1 aromatic heterocycles. The second-order valence-corrected chi connectivity index (χ2v) is 9.06. The van der Waals surface area contributed by atoms with Crippen molar-refractivity contribution in [3.8, 4) is 22.8 Å². The van der Waals surface area contributed by atoms with E-state index in [9.17, 15) is 9.18 Å². The number of carbonyl (C=O) groups is 1. The smallest absolute Gasteiger partial charge is 0.251 e. The van der Waals surface area contributed by atoms with Gasteiger partial charge in [-0.05, 0) is 67.4 Å². The minimum Gasteiger partial charge on any atom is -0.497 e. The summed E-state index contributed by atoms with van der Waals surface area (Å²) in [6.07, 6.45) is 0.882. The Balaban J connectivity index is 1.58. The van der Waals surface area contributed by atoms with Gasteiger partial charge in [-0.2, -0.15) is 0 Å². The van der Waals surface area contributed by atoms with Gasteiger partial charge in [0.25, 0.3) is 5.91 Å². The third-order valence-corrected chi connectivity index (χ3v) is 6.62. The van der Waals surface area contributed by atoms with Crippen LogP contribution in [0.4, 0.5) is 4.39 Å². The van der Waals surface area contributed by atoms with E-state index in [1.54, 1.807) is 19.2 Å². The van der Waals surface area contributed by atoms with Crippen LogP contribution >= 0.6 is 11.8 Å². The summed E-state index contributed by atoms with van der Waals surface area (Å²) in [5.74, 6) is 1.59. The SMILES string of the molecule is CC[C@@H](C)NC(=O)c1ccc(CSc2nnc(-c3cccc(OC)c3)n2-c2ccc(F)cc2)cc1. The highest BCUT2D eigenvalue weighted by atomic mass is 32.2. The molecule has 1 atom stereocenters. The number of amides is 1. The normalized spacial score (nSPS) is 11.8. The van der Waals surface area contributed by atoms with Crippen LogP contribution in [-0.4, -0.2) is 33.8 Å². The molecule has 0 unspecified atom stereocenters. The molecule has 4 aromatic rings. The van der Waals surface area contributed by atoms with E-state index >= 15 is 0 Å². The number of benzene rings is 3. The van der Waals surface area contributed by atoms with Crippen molar-refractivity contribution < 1.29 is 13.9 Å². The van der Waals surface area contributed by atoms with Crippen molar-refractivity contribution in [1.29, 1.82) is 0 Å². The molecule has 0 spiro atoms. The number of nitrogens with one attached hydrogen (secondary N) is 1. The molecule has 0 fully saturated rings. The molecule has 4 rings (SSSR count). The summed E-state index contributed by atoms with van der Waals surface area (Å²) in [6.45, 7) is 4.02. The van der Waals surface area contributed by atoms with Crippen LogP contribution in [0.2, 0.25) is 0 Å². The quantitative estimate of drug-likeness (QED) is 0.296. The molecule has 0 radical (unpaired) electrons. The highest BCUT2D eigenvalue weighted by Crippen LogP contribution is 2.31. The van der Waals surface area contributed by atoms with E-state index < -0.39 is 0 Å². The predicted molar refractivity (Wildman–Crippen MR) is 137 cm³/mol. The summed E-state index contributed by atoms with van der Waals surface area (Å²) in [5, 5.41) is 12.5. The molecule has 1 amide bonds. The molecule has 35 heavy (non-hydrogen) atoms. The highest BCUT2D eigenvalue weighted by Gasteiger charge is 2.17. The molecule has 0 aliphatic heterocycles. The van der Waals surface area contributed by atoms with Gasteiger partial charge in [-0.1, -0.05) is 43.0 Å². The number of thioether (sulfide) groups is 1. The molecule has 1 heterocycles. The van der Waals surface area contributed by atoms with Crippen molar-refractivity contribution in [3.63, 3.8) is 0 Å². The number of hydrogen-bond acceptors (Lipinski definition) is 5. The molecular formula is C27H27FN4O2S. The summed E-state index contributed by atoms with van der Waals surface area (Å²) in [6, 6.07) is 21.5. The predicted octanol–water partition coefficient (Wildman–Crippen LogP) is 5.90. The van der Waals surface area contributed by atoms with E-state index in [2.05, 4.69) is 15.5 Å². The Morgan fingerprint density at radius 3 is 2.51 bits per heavy atom. The molecule has 0 saturated heterocycles. The summed E-state index contributed by atoms with van der Waals surface area (Å²) in [7, 11) is 1.62. The molecule has 3 aromatic carbocycles. The van der Waals surface area contributed by atoms with Crippen LogP contribution in [0.3, 0.4) is 0 Å². The second-order valence-electron chi connectivity index (χ2n) is 8.12. The average Bonchev–Trinajstić information content (AvgIpc) is 3.32. The van der Waals surface area contributed by atoms with Crippen LogP contribution in [0.5, 0.6) is 5.75 Å². The van der Waals surface area contributed by atoms with Crippen molar-refractivity contribution in [3.05, 3.63) is 89.7 Å². The fourth-order valence-corrected chi connectivity index (χ4v) is 4.35. The van der Waals surface area contributed by atoms with E-state index in [1.807, 2.05) is 66.9 Å². The van der Waals surface area contributed by atoms with E-state index in [0.29, 0.717) is 28.0 Å². The van der Waals surface area contributed by atoms with Crippen LogP contribution in [0.15, 0.2) is 78.0 Å². The van der Waals surface area contributed by atoms with Crippen molar-refractivity contribution in [2.24, 2.45) is 0 Å². The van der Waals surface area contributed by atoms with Crippen molar-refractivity contribution >= 4 is 17.7 Å². The Labute approximate surface area is 208 Å². The topological polar surface area (TPSA) is 69.0 Å². The highest BCUT2D eigenvalue weighted by molar-refractivity contribution is 7.98. The number of aromatic nitrogens is 3. The number of methoxy groups -OCH3 is 1. The molecule has 180 valence electrons. The van der Waals surface area contributed by atoms with Gasteiger partial charge >= 0.3 is 0 Å². The monoisotopic (exact) mass is 490 g/mol. The maximum absolute atomic E-state index is 13.6. The Bertz CT molecular complexity index is 1290. The minimum absolute atomic E-state index is 0.0717. The van der Waals surface area contributed by atoms with Gasteiger partial charge in [-0.25, -0.2) is 4.39 Å². The van der Waals surface area contributed by atoms with Gasteiger partial charge in [0, 0.05) is 28.6 Å². The van der Waals surface area contributed by atoms with E-state index in [1.165, 1.54) is 23.9 Å². The van der Waals surface area contributed by atoms with E-state index in [-0.39, 0.29) is 17.8 Å². The molecule has 8 heteroatoms. The van der Waals surface area contributed by atoms with Crippen LogP contribution in [0.1, 0.15) is 36.2 Å². The number of carbonyl (C=O) groups excluding carboxylic acids is 1. The number of rotatable bonds is 9. The van der Waals surface area contributed by atoms with Gasteiger partial charge in [0.1, 0.15) is 11.6 Å². The number of hydrogen-bond donors (Lipinski definition) is 1. The lowest BCUT2D eigenvalue weighted by Gasteiger charge is -2.12. The summed E-state index contributed by atoms with van der Waals surface area (Å²) >= 11 is 1.52. The van der Waals surface area contributed by atoms with Gasteiger partial charge in [0.05, 0.1) is 7.11 Å². The van der Waals surface area contributed by atoms with Gasteiger partial charge in [-0.15, -0.1) is 10.2 Å². The second kappa shape index (κ2) is 11.2. The molecular weight excluding hydrogens is 463 g/mol. The number of ether oxygens (including phenoxy) is 1. The first kappa shape index (κ1) is 24.5. The fraction of sp³-hybridized carbons (Fsp3) is 0.222. The lowest BCUT2D eigenvalue weighted by molar-refractivity contribution is 0.0939. The number of halogens is 1. The molecule has 1 N–H and O–H groups in total. The van der Waals surface area contributed by atoms with Crippen molar-refractivity contribution in [2.45, 2.75) is 37.2 Å². The third-order valence-electron chi connectivity index (χ3n) is 5.62. The summed E-state index contributed by atoms with van der Waals surface area (Å²) in [4.78, 5) is 12.3. The number of nitrogens with zero attached hydrogens (tertiary/aromatic N) is 3. The van der Waals surface area contributed by atoms with Gasteiger partial charge in [0.15, 0.2) is 11.0 Å². The van der Waals surface area contributed by atoms with E-state index in [0.717, 1.165) is 23.2 Å². The molecule has 6 nitrogen and oxygen atoms in total. The van der Waals surface area contributed by atoms with Gasteiger partial charge < -0.3 is 10.1 Å². The average molecular weight is 491 g/mol. The molecule has 0 aliphatic rings. The fourth-order valence-electron chi connectivity index (χ4n) is 3.44. The standard InChI is InChI=1S/C27H27FN4O2S/c1-4-18(2)29-26(33)20-10-8-19(9-11-20)17-35-27-31-30-25(21-6-5-7-24(16-21)34-3)32(27)23-14-12-22(28)13-15-23/h5-16,18H,4,17H2,1-3H3,(H,29,33)/t18-/m1/s1. The zero-order valence-electron chi connectivity index (χ0n) is 19.9. The maximum Gasteiger partial charge on any atom is 0.251 e. The zero-order chi connectivity index (χ0) is 24.8. The van der Waals surface area contributed by atoms with Crippen molar-refractivity contribution in [2.75, 3.05) is 7.11 Å². The molecule has 0 aliphatic carbocycles. The first-order valence-corrected chi connectivity index (χ1v) is 12.4. The Hall–Kier alpha value is -3.65. The minimum atomic E-state index is -0.309. The third kappa shape index (κ3) is 5.89. The van der Waals surface area contributed by atoms with E-state index in [4.69, 9.17) is 4.74 Å².